The Balaban J connectivity index is 2.33. The maximum atomic E-state index is 11.6. The molecular weight excluding hydrogens is 198 g/mol. The number of unbranched alkanes of at least 4 members (excludes halogenated alkanes) is 1. The number of hydrogen-bond acceptors (Lipinski definition) is 3. The second-order valence-electron chi connectivity index (χ2n) is 4.18. The van der Waals surface area contributed by atoms with Gasteiger partial charge in [0.05, 0.1) is 11.5 Å². The van der Waals surface area contributed by atoms with Crippen molar-refractivity contribution < 1.29 is 8.42 Å². The lowest BCUT2D eigenvalue weighted by molar-refractivity contribution is 0.404. The summed E-state index contributed by atoms with van der Waals surface area (Å²) >= 11 is 0. The molecule has 0 aliphatic carbocycles. The van der Waals surface area contributed by atoms with E-state index in [0.29, 0.717) is 17.4 Å². The molecule has 1 heterocycles. The zero-order valence-electron chi connectivity index (χ0n) is 8.96. The third-order valence-electron chi connectivity index (χ3n) is 2.70. The van der Waals surface area contributed by atoms with E-state index in [2.05, 4.69) is 5.32 Å². The molecule has 0 unspecified atom stereocenters. The van der Waals surface area contributed by atoms with Gasteiger partial charge in [-0.1, -0.05) is 13.3 Å². The van der Waals surface area contributed by atoms with E-state index in [9.17, 15) is 8.42 Å². The second-order valence-corrected chi connectivity index (χ2v) is 6.41. The van der Waals surface area contributed by atoms with Crippen molar-refractivity contribution in [1.82, 2.24) is 5.32 Å². The molecule has 1 aliphatic rings. The standard InChI is InChI=1S/C10H21NO2S/c1-2-3-7-14(12,13)9-10-5-4-6-11-8-10/h10-11H,2-9H2,1H3/t10-/m1/s1. The number of sulfone groups is 1. The topological polar surface area (TPSA) is 46.2 Å². The van der Waals surface area contributed by atoms with Crippen molar-refractivity contribution >= 4 is 9.84 Å². The number of rotatable bonds is 5. The van der Waals surface area contributed by atoms with Crippen molar-refractivity contribution in [3.05, 3.63) is 0 Å². The van der Waals surface area contributed by atoms with E-state index in [-0.39, 0.29) is 0 Å². The summed E-state index contributed by atoms with van der Waals surface area (Å²) in [5.41, 5.74) is 0. The van der Waals surface area contributed by atoms with Gasteiger partial charge in [-0.25, -0.2) is 8.42 Å². The highest BCUT2D eigenvalue weighted by molar-refractivity contribution is 7.91. The van der Waals surface area contributed by atoms with Crippen LogP contribution in [0.3, 0.4) is 0 Å². The van der Waals surface area contributed by atoms with Crippen molar-refractivity contribution in [3.63, 3.8) is 0 Å². The summed E-state index contributed by atoms with van der Waals surface area (Å²) in [7, 11) is -2.78. The van der Waals surface area contributed by atoms with Gasteiger partial charge in [0.1, 0.15) is 0 Å². The zero-order valence-corrected chi connectivity index (χ0v) is 9.78. The van der Waals surface area contributed by atoms with E-state index >= 15 is 0 Å². The Morgan fingerprint density at radius 3 is 2.79 bits per heavy atom. The van der Waals surface area contributed by atoms with Crippen molar-refractivity contribution in [2.75, 3.05) is 24.6 Å². The van der Waals surface area contributed by atoms with Gasteiger partial charge in [-0.2, -0.15) is 0 Å². The first-order valence-electron chi connectivity index (χ1n) is 5.55. The fraction of sp³-hybridized carbons (Fsp3) is 1.00. The molecule has 0 bridgehead atoms. The van der Waals surface area contributed by atoms with Crippen LogP contribution < -0.4 is 5.32 Å². The van der Waals surface area contributed by atoms with Crippen molar-refractivity contribution in [3.8, 4) is 0 Å². The maximum absolute atomic E-state index is 11.6. The van der Waals surface area contributed by atoms with E-state index in [1.807, 2.05) is 6.92 Å². The highest BCUT2D eigenvalue weighted by Crippen LogP contribution is 2.13. The molecule has 0 radical (unpaired) electrons. The average molecular weight is 219 g/mol. The highest BCUT2D eigenvalue weighted by atomic mass is 32.2. The van der Waals surface area contributed by atoms with E-state index < -0.39 is 9.84 Å². The molecule has 4 heteroatoms. The molecule has 14 heavy (non-hydrogen) atoms. The quantitative estimate of drug-likeness (QED) is 0.756. The molecule has 0 aromatic heterocycles. The fourth-order valence-electron chi connectivity index (χ4n) is 1.87. The van der Waals surface area contributed by atoms with Crippen LogP contribution in [0.15, 0.2) is 0 Å². The van der Waals surface area contributed by atoms with E-state index in [0.717, 1.165) is 38.8 Å². The van der Waals surface area contributed by atoms with Crippen LogP contribution in [0.25, 0.3) is 0 Å². The molecular formula is C10H21NO2S. The van der Waals surface area contributed by atoms with Crippen LogP contribution >= 0.6 is 0 Å². The normalized spacial score (nSPS) is 23.6. The first-order chi connectivity index (χ1) is 6.64. The van der Waals surface area contributed by atoms with E-state index in [1.165, 1.54) is 0 Å². The third kappa shape index (κ3) is 4.42. The zero-order chi connectivity index (χ0) is 10.4. The molecule has 1 N–H and O–H groups in total. The van der Waals surface area contributed by atoms with Crippen molar-refractivity contribution in [1.29, 1.82) is 0 Å². The summed E-state index contributed by atoms with van der Waals surface area (Å²) in [6, 6.07) is 0. The summed E-state index contributed by atoms with van der Waals surface area (Å²) in [6.07, 6.45) is 3.96. The smallest absolute Gasteiger partial charge is 0.150 e. The summed E-state index contributed by atoms with van der Waals surface area (Å²) < 4.78 is 23.3. The lowest BCUT2D eigenvalue weighted by Gasteiger charge is -2.22. The first-order valence-corrected chi connectivity index (χ1v) is 7.37. The Labute approximate surface area is 87.2 Å². The molecule has 0 amide bonds. The number of hydrogen-bond donors (Lipinski definition) is 1. The van der Waals surface area contributed by atoms with Crippen molar-refractivity contribution in [2.24, 2.45) is 5.92 Å². The number of piperidine rings is 1. The Kier molecular flexibility index (Phi) is 4.89. The van der Waals surface area contributed by atoms with Crippen molar-refractivity contribution in [2.45, 2.75) is 32.6 Å². The number of nitrogens with one attached hydrogen (secondary N) is 1. The molecule has 1 rings (SSSR count). The third-order valence-corrected chi connectivity index (χ3v) is 4.59. The lowest BCUT2D eigenvalue weighted by atomic mass is 10.0. The van der Waals surface area contributed by atoms with Crippen LogP contribution in [0.2, 0.25) is 0 Å². The summed E-state index contributed by atoms with van der Waals surface area (Å²) in [5.74, 6) is 1.12. The van der Waals surface area contributed by atoms with Gasteiger partial charge in [0.2, 0.25) is 0 Å². The van der Waals surface area contributed by atoms with Crippen LogP contribution in [-0.4, -0.2) is 33.0 Å². The SMILES string of the molecule is CCCCS(=O)(=O)C[C@@H]1CCCNC1. The molecule has 1 saturated heterocycles. The highest BCUT2D eigenvalue weighted by Gasteiger charge is 2.20. The molecule has 1 fully saturated rings. The monoisotopic (exact) mass is 219 g/mol. The molecule has 0 spiro atoms. The molecule has 0 aromatic carbocycles. The molecule has 3 nitrogen and oxygen atoms in total. The summed E-state index contributed by atoms with van der Waals surface area (Å²) in [4.78, 5) is 0. The predicted molar refractivity (Wildman–Crippen MR) is 59.2 cm³/mol. The fourth-order valence-corrected chi connectivity index (χ4v) is 3.77. The molecule has 1 atom stereocenters. The molecule has 1 aliphatic heterocycles. The molecule has 0 saturated carbocycles. The largest absolute Gasteiger partial charge is 0.316 e. The van der Waals surface area contributed by atoms with E-state index in [4.69, 9.17) is 0 Å². The van der Waals surface area contributed by atoms with Crippen LogP contribution in [0.5, 0.6) is 0 Å². The Hall–Kier alpha value is -0.0900. The molecule has 0 aromatic rings. The van der Waals surface area contributed by atoms with E-state index in [1.54, 1.807) is 0 Å². The minimum Gasteiger partial charge on any atom is -0.316 e. The summed E-state index contributed by atoms with van der Waals surface area (Å²) in [5, 5.41) is 3.25. The Morgan fingerprint density at radius 2 is 2.21 bits per heavy atom. The molecule has 84 valence electrons. The van der Waals surface area contributed by atoms with Crippen LogP contribution in [-0.2, 0) is 9.84 Å². The van der Waals surface area contributed by atoms with Gasteiger partial charge in [0.15, 0.2) is 9.84 Å². The average Bonchev–Trinajstić information content (AvgIpc) is 2.16. The Morgan fingerprint density at radius 1 is 1.43 bits per heavy atom. The van der Waals surface area contributed by atoms with Gasteiger partial charge in [0, 0.05) is 0 Å². The van der Waals surface area contributed by atoms with Gasteiger partial charge in [-0.3, -0.25) is 0 Å². The van der Waals surface area contributed by atoms with Gasteiger partial charge < -0.3 is 5.32 Å². The first kappa shape index (κ1) is 12.0. The lowest BCUT2D eigenvalue weighted by Crippen LogP contribution is -2.34. The minimum absolute atomic E-state index is 0.352. The van der Waals surface area contributed by atoms with Crippen LogP contribution in [0, 0.1) is 5.92 Å². The second kappa shape index (κ2) is 5.71. The van der Waals surface area contributed by atoms with Gasteiger partial charge in [0.25, 0.3) is 0 Å². The van der Waals surface area contributed by atoms with Crippen LogP contribution in [0.4, 0.5) is 0 Å². The van der Waals surface area contributed by atoms with Gasteiger partial charge in [-0.15, -0.1) is 0 Å². The minimum atomic E-state index is -2.78. The Bertz CT molecular complexity index is 243. The summed E-state index contributed by atoms with van der Waals surface area (Å²) in [6.45, 7) is 3.95. The van der Waals surface area contributed by atoms with Crippen LogP contribution in [0.1, 0.15) is 32.6 Å². The predicted octanol–water partition coefficient (Wildman–Crippen LogP) is 1.20. The maximum Gasteiger partial charge on any atom is 0.150 e. The van der Waals surface area contributed by atoms with Gasteiger partial charge >= 0.3 is 0 Å². The van der Waals surface area contributed by atoms with Gasteiger partial charge in [-0.05, 0) is 38.3 Å².